The molecule has 0 unspecified atom stereocenters. The minimum atomic E-state index is 0.530. The Hall–Kier alpha value is 2.15. The number of halogens is 3. The second kappa shape index (κ2) is 18.2. The van der Waals surface area contributed by atoms with Gasteiger partial charge in [0.1, 0.15) is 0 Å². The molecule has 0 amide bonds. The van der Waals surface area contributed by atoms with E-state index in [0.29, 0.717) is 13.3 Å². The number of hydrogen-bond donors (Lipinski definition) is 0. The van der Waals surface area contributed by atoms with Gasteiger partial charge in [0, 0.05) is 0 Å². The van der Waals surface area contributed by atoms with Gasteiger partial charge < -0.3 is 4.48 Å². The number of rotatable bonds is 11. The summed E-state index contributed by atoms with van der Waals surface area (Å²) in [6.45, 7) is 3.62. The third kappa shape index (κ3) is 28.9. The molecule has 0 spiro atoms. The van der Waals surface area contributed by atoms with E-state index in [4.69, 9.17) is 0 Å². The Morgan fingerprint density at radius 3 is 1.32 bits per heavy atom. The molecule has 0 radical (unpaired) electrons. The molecule has 0 aromatic rings. The summed E-state index contributed by atoms with van der Waals surface area (Å²) in [7, 11) is 6.86. The molecular weight excluding hydrogens is 575 g/mol. The van der Waals surface area contributed by atoms with Crippen LogP contribution in [-0.4, -0.2) is 32.2 Å². The maximum absolute atomic E-state index is 2.39. The van der Waals surface area contributed by atoms with Crippen molar-refractivity contribution in [2.75, 3.05) is 27.7 Å². The van der Waals surface area contributed by atoms with E-state index in [1.54, 1.807) is 0 Å². The molecule has 0 heterocycles. The van der Waals surface area contributed by atoms with Crippen molar-refractivity contribution in [3.05, 3.63) is 0 Å². The summed E-state index contributed by atoms with van der Waals surface area (Å²) in [5.41, 5.74) is 0. The molecule has 0 bridgehead atoms. The van der Waals surface area contributed by atoms with E-state index >= 15 is 0 Å². The van der Waals surface area contributed by atoms with Gasteiger partial charge in [0.2, 0.25) is 0 Å². The second-order valence-electron chi connectivity index (χ2n) is 6.25. The van der Waals surface area contributed by atoms with Crippen molar-refractivity contribution < 1.29 is 17.7 Å². The van der Waals surface area contributed by atoms with Crippen molar-refractivity contribution in [2.24, 2.45) is 0 Å². The van der Waals surface area contributed by atoms with E-state index in [9.17, 15) is 0 Å². The summed E-state index contributed by atoms with van der Waals surface area (Å²) in [6, 6.07) is 0. The summed E-state index contributed by atoms with van der Waals surface area (Å²) in [5, 5.41) is 0. The van der Waals surface area contributed by atoms with Gasteiger partial charge >= 0.3 is 50.5 Å². The van der Waals surface area contributed by atoms with E-state index in [1.165, 1.54) is 70.8 Å². The topological polar surface area (TPSA) is 0 Å². The van der Waals surface area contributed by atoms with Crippen LogP contribution in [0.3, 0.4) is 0 Å². The number of nitrogens with zero attached hydrogens (tertiary/aromatic N) is 1. The average Bonchev–Trinajstić information content (AvgIpc) is 2.31. The molecular formula is C15H34I3N. The van der Waals surface area contributed by atoms with Gasteiger partial charge in [0.05, 0.1) is 27.7 Å². The van der Waals surface area contributed by atoms with Crippen LogP contribution in [0, 0.1) is 0 Å². The minimum absolute atomic E-state index is 0.530. The van der Waals surface area contributed by atoms with Gasteiger partial charge in [0.15, 0.2) is 0 Å². The van der Waals surface area contributed by atoms with Crippen LogP contribution in [0.15, 0.2) is 0 Å². The zero-order valence-electron chi connectivity index (χ0n) is 13.4. The van der Waals surface area contributed by atoms with Gasteiger partial charge in [-0.1, -0.05) is 58.3 Å². The van der Waals surface area contributed by atoms with Gasteiger partial charge in [-0.25, -0.2) is 0 Å². The fraction of sp³-hybridized carbons (Fsp3) is 1.00. The predicted molar refractivity (Wildman–Crippen MR) is 103 cm³/mol. The Bertz CT molecular complexity index is 158. The summed E-state index contributed by atoms with van der Waals surface area (Å²) >= 11 is 5.30. The van der Waals surface area contributed by atoms with Gasteiger partial charge in [-0.3, -0.25) is 0 Å². The van der Waals surface area contributed by atoms with E-state index in [0.717, 1.165) is 4.48 Å². The van der Waals surface area contributed by atoms with Crippen molar-refractivity contribution in [3.8, 4) is 0 Å². The molecule has 4 heteroatoms. The van der Waals surface area contributed by atoms with Crippen LogP contribution in [0.1, 0.15) is 71.1 Å². The Labute approximate surface area is 152 Å². The summed E-state index contributed by atoms with van der Waals surface area (Å²) in [6.07, 6.45) is 14.4. The fourth-order valence-electron chi connectivity index (χ4n) is 2.07. The number of unbranched alkanes of at least 4 members (excludes halogenated alkanes) is 9. The van der Waals surface area contributed by atoms with Gasteiger partial charge in [-0.05, 0) is 12.8 Å². The fourth-order valence-corrected chi connectivity index (χ4v) is 2.07. The first-order valence-electron chi connectivity index (χ1n) is 7.65. The van der Waals surface area contributed by atoms with Gasteiger partial charge in [-0.15, -0.1) is 0 Å². The molecule has 0 saturated carbocycles. The van der Waals surface area contributed by atoms with Crippen molar-refractivity contribution in [1.29, 1.82) is 0 Å². The van der Waals surface area contributed by atoms with E-state index in [1.807, 2.05) is 0 Å². The first-order chi connectivity index (χ1) is 8.97. The predicted octanol–water partition coefficient (Wildman–Crippen LogP) is 3.39. The van der Waals surface area contributed by atoms with Crippen molar-refractivity contribution in [3.63, 3.8) is 0 Å². The standard InChI is InChI=1S/C15H34N.I3/c1-5-6-7-8-9-10-11-12-13-14-15-16(2,3)4;1-3-2/h5-15H2,1-4H3;/q+1;-1. The summed E-state index contributed by atoms with van der Waals surface area (Å²) in [5.74, 6) is 0. The zero-order chi connectivity index (χ0) is 15.0. The summed E-state index contributed by atoms with van der Waals surface area (Å²) in [4.78, 5) is 0. The molecule has 0 aliphatic heterocycles. The van der Waals surface area contributed by atoms with E-state index in [-0.39, 0.29) is 0 Å². The SMILES string of the molecule is CCCCCCCCCCCC[N+](C)(C)C.I[I-]I. The van der Waals surface area contributed by atoms with E-state index < -0.39 is 0 Å². The molecule has 0 N–H and O–H groups in total. The van der Waals surface area contributed by atoms with Crippen LogP contribution in [0.4, 0.5) is 0 Å². The van der Waals surface area contributed by atoms with Gasteiger partial charge in [0.25, 0.3) is 0 Å². The van der Waals surface area contributed by atoms with Crippen LogP contribution in [0.25, 0.3) is 0 Å². The third-order valence-electron chi connectivity index (χ3n) is 3.18. The maximum atomic E-state index is 2.39. The molecule has 120 valence electrons. The summed E-state index contributed by atoms with van der Waals surface area (Å²) < 4.78 is 1.12. The molecule has 0 aliphatic rings. The number of quaternary nitrogens is 1. The first-order valence-corrected chi connectivity index (χ1v) is 20.2. The molecule has 0 aliphatic carbocycles. The third-order valence-corrected chi connectivity index (χ3v) is 3.18. The molecule has 0 rings (SSSR count). The van der Waals surface area contributed by atoms with Crippen LogP contribution < -0.4 is 13.3 Å². The molecule has 0 aromatic heterocycles. The Balaban J connectivity index is 0. The molecule has 0 atom stereocenters. The first kappa shape index (κ1) is 23.4. The van der Waals surface area contributed by atoms with Crippen molar-refractivity contribution in [2.45, 2.75) is 71.1 Å². The normalized spacial score (nSPS) is 11.3. The van der Waals surface area contributed by atoms with Gasteiger partial charge in [-0.2, -0.15) is 0 Å². The van der Waals surface area contributed by atoms with Crippen molar-refractivity contribution in [1.82, 2.24) is 0 Å². The molecule has 0 fully saturated rings. The second-order valence-corrected chi connectivity index (χ2v) is 22.5. The van der Waals surface area contributed by atoms with Crippen molar-refractivity contribution >= 4 is 37.2 Å². The van der Waals surface area contributed by atoms with Crippen LogP contribution >= 0.6 is 37.2 Å². The monoisotopic (exact) mass is 609 g/mol. The molecule has 19 heavy (non-hydrogen) atoms. The molecule has 1 nitrogen and oxygen atoms in total. The van der Waals surface area contributed by atoms with Crippen LogP contribution in [-0.2, 0) is 0 Å². The molecule has 0 saturated heterocycles. The Morgan fingerprint density at radius 2 is 1.00 bits per heavy atom. The Kier molecular flexibility index (Phi) is 22.4. The van der Waals surface area contributed by atoms with E-state index in [2.05, 4.69) is 65.3 Å². The quantitative estimate of drug-likeness (QED) is 0.192. The average molecular weight is 609 g/mol. The Morgan fingerprint density at radius 1 is 0.684 bits per heavy atom. The molecule has 0 aromatic carbocycles. The van der Waals surface area contributed by atoms with Crippen LogP contribution in [0.2, 0.25) is 0 Å². The van der Waals surface area contributed by atoms with Crippen LogP contribution in [0.5, 0.6) is 0 Å². The number of hydrogen-bond acceptors (Lipinski definition) is 0. The zero-order valence-corrected chi connectivity index (χ0v) is 19.8.